The van der Waals surface area contributed by atoms with Crippen LogP contribution in [-0.2, 0) is 0 Å². The van der Waals surface area contributed by atoms with Crippen molar-refractivity contribution < 1.29 is 0 Å². The first kappa shape index (κ1) is 9.82. The Morgan fingerprint density at radius 3 is 1.08 bits per heavy atom. The minimum atomic E-state index is -0.985. The van der Waals surface area contributed by atoms with Crippen molar-refractivity contribution in [3.05, 3.63) is 24.3 Å². The molecule has 0 heterocycles. The van der Waals surface area contributed by atoms with Crippen molar-refractivity contribution in [2.75, 3.05) is 0 Å². The Hall–Kier alpha value is -0.261. The molecule has 0 aliphatic rings. The molecule has 0 bridgehead atoms. The normalized spacial score (nSPS) is 9.33. The first-order chi connectivity index (χ1) is 5.61. The molecule has 1 rings (SSSR count). The average Bonchev–Trinajstić information content (AvgIpc) is 2.04. The summed E-state index contributed by atoms with van der Waals surface area (Å²) in [6.45, 7) is 0. The van der Waals surface area contributed by atoms with Crippen LogP contribution in [0.25, 0.3) is 0 Å². The Labute approximate surface area is 80.8 Å². The third-order valence-corrected chi connectivity index (χ3v) is 5.43. The second kappa shape index (κ2) is 4.11. The molecule has 0 aliphatic carbocycles. The monoisotopic (exact) mass is 292 g/mol. The van der Waals surface area contributed by atoms with E-state index in [0.717, 1.165) is 0 Å². The van der Waals surface area contributed by atoms with Gasteiger partial charge in [-0.15, -0.1) is 0 Å². The third-order valence-electron chi connectivity index (χ3n) is 1.49. The zero-order chi connectivity index (χ0) is 9.14. The molecule has 0 aliphatic heterocycles. The fraction of sp³-hybridized carbons (Fsp3) is 0. The van der Waals surface area contributed by atoms with Crippen LogP contribution >= 0.6 is 0 Å². The van der Waals surface area contributed by atoms with E-state index in [-0.39, 0.29) is 0 Å². The molecule has 1 aromatic carbocycles. The Kier molecular flexibility index (Phi) is 3.37. The summed E-state index contributed by atoms with van der Waals surface area (Å²) in [5, 5.41) is 0. The first-order valence-electron chi connectivity index (χ1n) is 3.38. The van der Waals surface area contributed by atoms with E-state index in [4.69, 9.17) is 0 Å². The summed E-state index contributed by atoms with van der Waals surface area (Å²) in [5.74, 6) is 0. The van der Waals surface area contributed by atoms with Crippen LogP contribution in [0.3, 0.4) is 0 Å². The number of hydrogen-bond donors (Lipinski definition) is 0. The second-order valence-corrected chi connectivity index (χ2v) is 8.57. The molecule has 0 atom stereocenters. The van der Waals surface area contributed by atoms with Gasteiger partial charge >= 0.3 is 80.9 Å². The fourth-order valence-electron chi connectivity index (χ4n) is 0.825. The first-order valence-corrected chi connectivity index (χ1v) is 9.94. The van der Waals surface area contributed by atoms with Gasteiger partial charge < -0.3 is 0 Å². The van der Waals surface area contributed by atoms with Gasteiger partial charge in [0.1, 0.15) is 0 Å². The SMILES string of the molecule is C=[Se](=C)c1ccc([Se](=C)=C)cc1. The quantitative estimate of drug-likeness (QED) is 0.622. The van der Waals surface area contributed by atoms with E-state index in [1.54, 1.807) is 0 Å². The fourth-order valence-corrected chi connectivity index (χ4v) is 3.01. The van der Waals surface area contributed by atoms with Gasteiger partial charge in [-0.3, -0.25) is 0 Å². The zero-order valence-electron chi connectivity index (χ0n) is 6.95. The van der Waals surface area contributed by atoms with E-state index in [1.165, 1.54) is 8.92 Å². The van der Waals surface area contributed by atoms with Crippen LogP contribution in [0.2, 0.25) is 0 Å². The predicted molar refractivity (Wildman–Crippen MR) is 65.7 cm³/mol. The molecule has 0 saturated heterocycles. The Balaban J connectivity index is 3.17. The molecule has 0 amide bonds. The van der Waals surface area contributed by atoms with Gasteiger partial charge in [0.15, 0.2) is 0 Å². The molecule has 0 saturated carbocycles. The Morgan fingerprint density at radius 1 is 0.667 bits per heavy atom. The summed E-state index contributed by atoms with van der Waals surface area (Å²) < 4.78 is 2.59. The van der Waals surface area contributed by atoms with E-state index in [2.05, 4.69) is 46.0 Å². The molecule has 2 heteroatoms. The van der Waals surface area contributed by atoms with Crippen LogP contribution in [0.1, 0.15) is 0 Å². The number of benzene rings is 1. The molecular formula is C10H12Se2. The Morgan fingerprint density at radius 2 is 0.917 bits per heavy atom. The minimum absolute atomic E-state index is 0.985. The molecule has 2 radical (unpaired) electrons. The standard InChI is InChI=1S/C10H12Se2/c1-11(2)9-5-7-10(8-6-9)12(3)4/h5-8H,1-4H2. The second-order valence-electron chi connectivity index (χ2n) is 2.46. The van der Waals surface area contributed by atoms with Crippen molar-refractivity contribution in [3.8, 4) is 0 Å². The van der Waals surface area contributed by atoms with Crippen molar-refractivity contribution in [1.29, 1.82) is 0 Å². The molecule has 0 spiro atoms. The van der Waals surface area contributed by atoms with Crippen molar-refractivity contribution in [2.24, 2.45) is 0 Å². The molecule has 0 fully saturated rings. The molecule has 64 valence electrons. The van der Waals surface area contributed by atoms with Gasteiger partial charge in [0.05, 0.1) is 0 Å². The van der Waals surface area contributed by atoms with Crippen LogP contribution in [0.15, 0.2) is 24.3 Å². The molecular weight excluding hydrogens is 278 g/mol. The molecule has 0 N–H and O–H groups in total. The van der Waals surface area contributed by atoms with Gasteiger partial charge in [0, 0.05) is 0 Å². The predicted octanol–water partition coefficient (Wildman–Crippen LogP) is -0.855. The maximum atomic E-state index is 3.98. The van der Waals surface area contributed by atoms with Crippen LogP contribution < -0.4 is 8.92 Å². The maximum absolute atomic E-state index is 3.98. The average molecular weight is 290 g/mol. The van der Waals surface area contributed by atoms with E-state index < -0.39 is 26.1 Å². The molecule has 0 aromatic heterocycles. The van der Waals surface area contributed by atoms with Crippen molar-refractivity contribution >= 4 is 56.7 Å². The van der Waals surface area contributed by atoms with Crippen LogP contribution in [0, 0.1) is 0 Å². The van der Waals surface area contributed by atoms with Gasteiger partial charge in [0.2, 0.25) is 0 Å². The van der Waals surface area contributed by atoms with Crippen molar-refractivity contribution in [3.63, 3.8) is 0 Å². The zero-order valence-corrected chi connectivity index (χ0v) is 10.4. The van der Waals surface area contributed by atoms with Crippen molar-refractivity contribution in [2.45, 2.75) is 0 Å². The topological polar surface area (TPSA) is 0 Å². The number of rotatable bonds is 2. The van der Waals surface area contributed by atoms with Crippen LogP contribution in [0.5, 0.6) is 0 Å². The van der Waals surface area contributed by atoms with Gasteiger partial charge in [0.25, 0.3) is 0 Å². The molecule has 1 aromatic rings. The van der Waals surface area contributed by atoms with Crippen LogP contribution in [-0.4, -0.2) is 47.7 Å². The summed E-state index contributed by atoms with van der Waals surface area (Å²) in [4.78, 5) is 0. The summed E-state index contributed by atoms with van der Waals surface area (Å²) in [6, 6.07) is 8.47. The van der Waals surface area contributed by atoms with E-state index in [1.807, 2.05) is 0 Å². The van der Waals surface area contributed by atoms with Crippen LogP contribution in [0.4, 0.5) is 0 Å². The summed E-state index contributed by atoms with van der Waals surface area (Å²) >= 11 is -1.97. The molecule has 0 unspecified atom stereocenters. The molecule has 0 nitrogen and oxygen atoms in total. The van der Waals surface area contributed by atoms with Gasteiger partial charge in [-0.25, -0.2) is 0 Å². The van der Waals surface area contributed by atoms with Gasteiger partial charge in [-0.05, 0) is 0 Å². The summed E-state index contributed by atoms with van der Waals surface area (Å²) in [6.07, 6.45) is 0. The van der Waals surface area contributed by atoms with E-state index in [9.17, 15) is 0 Å². The van der Waals surface area contributed by atoms with Crippen molar-refractivity contribution in [1.82, 2.24) is 0 Å². The Bertz CT molecular complexity index is 347. The molecule has 12 heavy (non-hydrogen) atoms. The summed E-state index contributed by atoms with van der Waals surface area (Å²) in [7, 11) is 0. The van der Waals surface area contributed by atoms with Gasteiger partial charge in [-0.2, -0.15) is 0 Å². The third kappa shape index (κ3) is 2.36. The summed E-state index contributed by atoms with van der Waals surface area (Å²) in [5.41, 5.74) is 15.9. The van der Waals surface area contributed by atoms with Gasteiger partial charge in [-0.1, -0.05) is 0 Å². The number of hydrogen-bond acceptors (Lipinski definition) is 0. The van der Waals surface area contributed by atoms with E-state index >= 15 is 0 Å². The van der Waals surface area contributed by atoms with E-state index in [0.29, 0.717) is 0 Å².